The average molecular weight is 225 g/mol. The summed E-state index contributed by atoms with van der Waals surface area (Å²) in [7, 11) is 4.03. The third kappa shape index (κ3) is 4.44. The molecule has 0 saturated heterocycles. The van der Waals surface area contributed by atoms with Crippen molar-refractivity contribution < 1.29 is 0 Å². The number of hydrogen-bond donors (Lipinski definition) is 1. The van der Waals surface area contributed by atoms with Gasteiger partial charge in [-0.2, -0.15) is 0 Å². The summed E-state index contributed by atoms with van der Waals surface area (Å²) in [5.41, 5.74) is 0. The molecule has 0 fully saturated rings. The molecule has 1 heterocycles. The lowest BCUT2D eigenvalue weighted by molar-refractivity contribution is 0.701. The van der Waals surface area contributed by atoms with E-state index in [2.05, 4.69) is 22.5 Å². The van der Waals surface area contributed by atoms with Crippen LogP contribution in [0.15, 0.2) is 18.3 Å². The third-order valence-electron chi connectivity index (χ3n) is 1.95. The van der Waals surface area contributed by atoms with Gasteiger partial charge < -0.3 is 10.2 Å². The van der Waals surface area contributed by atoms with Crippen molar-refractivity contribution >= 4 is 16.5 Å². The predicted molar refractivity (Wildman–Crippen MR) is 67.6 cm³/mol. The van der Waals surface area contributed by atoms with E-state index in [9.17, 15) is 0 Å². The summed E-state index contributed by atoms with van der Waals surface area (Å²) in [4.78, 5) is 7.65. The molecule has 1 rings (SSSR count). The second-order valence-electron chi connectivity index (χ2n) is 3.54. The Morgan fingerprint density at radius 3 is 2.93 bits per heavy atom. The number of hydrogen-bond acceptors (Lipinski definition) is 4. The first-order valence-corrected chi connectivity index (χ1v) is 5.99. The average Bonchev–Trinajstić information content (AvgIpc) is 2.66. The lowest BCUT2D eigenvalue weighted by atomic mass is 10.4. The summed E-state index contributed by atoms with van der Waals surface area (Å²) < 4.78 is 0. The third-order valence-corrected chi connectivity index (χ3v) is 3.11. The van der Waals surface area contributed by atoms with Crippen molar-refractivity contribution in [3.05, 3.63) is 23.2 Å². The Morgan fingerprint density at radius 1 is 1.53 bits per heavy atom. The highest BCUT2D eigenvalue weighted by Crippen LogP contribution is 2.19. The highest BCUT2D eigenvalue weighted by atomic mass is 32.1. The zero-order chi connectivity index (χ0) is 11.1. The van der Waals surface area contributed by atoms with Gasteiger partial charge in [0.15, 0.2) is 5.13 Å². The number of thiazole rings is 1. The van der Waals surface area contributed by atoms with Crippen molar-refractivity contribution in [2.75, 3.05) is 25.5 Å². The van der Waals surface area contributed by atoms with E-state index in [1.54, 1.807) is 11.3 Å². The van der Waals surface area contributed by atoms with Gasteiger partial charge in [0.2, 0.25) is 0 Å². The Labute approximate surface area is 95.8 Å². The lowest BCUT2D eigenvalue weighted by Gasteiger charge is -2.05. The summed E-state index contributed by atoms with van der Waals surface area (Å²) in [6.45, 7) is 4.00. The Bertz CT molecular complexity index is 305. The number of anilines is 1. The van der Waals surface area contributed by atoms with E-state index in [0.29, 0.717) is 0 Å². The van der Waals surface area contributed by atoms with Crippen LogP contribution in [0.2, 0.25) is 0 Å². The minimum absolute atomic E-state index is 0.920. The molecule has 1 aromatic heterocycles. The standard InChI is InChI=1S/C11H19N3S/c1-4-5-6-7-12-8-10-9-13-11(15-10)14(2)3/h4-5,9,12H,6-8H2,1-3H3/b5-4+. The van der Waals surface area contributed by atoms with E-state index in [4.69, 9.17) is 0 Å². The molecule has 0 unspecified atom stereocenters. The topological polar surface area (TPSA) is 28.2 Å². The number of rotatable bonds is 6. The van der Waals surface area contributed by atoms with Crippen LogP contribution >= 0.6 is 11.3 Å². The van der Waals surface area contributed by atoms with Gasteiger partial charge in [0.05, 0.1) is 0 Å². The molecule has 0 saturated carbocycles. The van der Waals surface area contributed by atoms with E-state index < -0.39 is 0 Å². The Balaban J connectivity index is 2.25. The molecule has 3 nitrogen and oxygen atoms in total. The molecule has 0 aliphatic heterocycles. The molecule has 0 bridgehead atoms. The van der Waals surface area contributed by atoms with Crippen LogP contribution in [0.5, 0.6) is 0 Å². The molecular weight excluding hydrogens is 206 g/mol. The summed E-state index contributed by atoms with van der Waals surface area (Å²) in [6.07, 6.45) is 7.29. The van der Waals surface area contributed by atoms with Crippen LogP contribution in [0.4, 0.5) is 5.13 Å². The molecule has 0 atom stereocenters. The molecule has 0 aliphatic carbocycles. The predicted octanol–water partition coefficient (Wildman–Crippen LogP) is 2.26. The van der Waals surface area contributed by atoms with E-state index in [1.165, 1.54) is 4.88 Å². The quantitative estimate of drug-likeness (QED) is 0.594. The van der Waals surface area contributed by atoms with Gasteiger partial charge in [0.25, 0.3) is 0 Å². The maximum absolute atomic E-state index is 4.32. The first kappa shape index (κ1) is 12.2. The minimum Gasteiger partial charge on any atom is -0.354 e. The molecule has 0 radical (unpaired) electrons. The van der Waals surface area contributed by atoms with E-state index >= 15 is 0 Å². The SMILES string of the molecule is C/C=C/CCNCc1cnc(N(C)C)s1. The van der Waals surface area contributed by atoms with Crippen molar-refractivity contribution in [1.82, 2.24) is 10.3 Å². The lowest BCUT2D eigenvalue weighted by Crippen LogP contribution is -2.13. The number of nitrogens with one attached hydrogen (secondary N) is 1. The molecule has 0 spiro atoms. The van der Waals surface area contributed by atoms with Crippen LogP contribution in [0.1, 0.15) is 18.2 Å². The fourth-order valence-electron chi connectivity index (χ4n) is 1.15. The highest BCUT2D eigenvalue weighted by molar-refractivity contribution is 7.15. The maximum Gasteiger partial charge on any atom is 0.185 e. The van der Waals surface area contributed by atoms with Gasteiger partial charge in [-0.25, -0.2) is 4.98 Å². The van der Waals surface area contributed by atoms with E-state index in [-0.39, 0.29) is 0 Å². The van der Waals surface area contributed by atoms with Gasteiger partial charge in [-0.05, 0) is 19.9 Å². The molecule has 15 heavy (non-hydrogen) atoms. The smallest absolute Gasteiger partial charge is 0.185 e. The van der Waals surface area contributed by atoms with Crippen LogP contribution in [0.25, 0.3) is 0 Å². The monoisotopic (exact) mass is 225 g/mol. The van der Waals surface area contributed by atoms with Crippen LogP contribution < -0.4 is 10.2 Å². The van der Waals surface area contributed by atoms with Gasteiger partial charge >= 0.3 is 0 Å². The molecule has 4 heteroatoms. The van der Waals surface area contributed by atoms with Gasteiger partial charge in [-0.1, -0.05) is 12.2 Å². The Morgan fingerprint density at radius 2 is 2.33 bits per heavy atom. The van der Waals surface area contributed by atoms with Gasteiger partial charge in [-0.15, -0.1) is 11.3 Å². The minimum atomic E-state index is 0.920. The molecule has 0 aromatic carbocycles. The normalized spacial score (nSPS) is 11.1. The molecule has 1 aromatic rings. The summed E-state index contributed by atoms with van der Waals surface area (Å²) >= 11 is 1.74. The van der Waals surface area contributed by atoms with Crippen LogP contribution in [0.3, 0.4) is 0 Å². The fourth-order valence-corrected chi connectivity index (χ4v) is 1.95. The summed E-state index contributed by atoms with van der Waals surface area (Å²) in [5, 5.41) is 4.46. The van der Waals surface area contributed by atoms with Crippen molar-refractivity contribution in [1.29, 1.82) is 0 Å². The second-order valence-corrected chi connectivity index (χ2v) is 4.63. The molecule has 1 N–H and O–H groups in total. The fraction of sp³-hybridized carbons (Fsp3) is 0.545. The summed E-state index contributed by atoms with van der Waals surface area (Å²) in [6, 6.07) is 0. The first-order chi connectivity index (χ1) is 7.24. The van der Waals surface area contributed by atoms with Crippen LogP contribution in [-0.2, 0) is 6.54 Å². The van der Waals surface area contributed by atoms with Gasteiger partial charge in [0.1, 0.15) is 0 Å². The van der Waals surface area contributed by atoms with Crippen molar-refractivity contribution in [2.45, 2.75) is 19.9 Å². The van der Waals surface area contributed by atoms with Gasteiger partial charge in [-0.3, -0.25) is 0 Å². The Kier molecular flexibility index (Phi) is 5.36. The zero-order valence-corrected chi connectivity index (χ0v) is 10.5. The van der Waals surface area contributed by atoms with Crippen molar-refractivity contribution in [2.24, 2.45) is 0 Å². The van der Waals surface area contributed by atoms with Crippen molar-refractivity contribution in [3.8, 4) is 0 Å². The van der Waals surface area contributed by atoms with Crippen LogP contribution in [-0.4, -0.2) is 25.6 Å². The Hall–Kier alpha value is -0.870. The highest BCUT2D eigenvalue weighted by Gasteiger charge is 2.02. The number of aromatic nitrogens is 1. The first-order valence-electron chi connectivity index (χ1n) is 5.18. The maximum atomic E-state index is 4.32. The van der Waals surface area contributed by atoms with Crippen molar-refractivity contribution in [3.63, 3.8) is 0 Å². The molecule has 0 amide bonds. The second kappa shape index (κ2) is 6.58. The summed E-state index contributed by atoms with van der Waals surface area (Å²) in [5.74, 6) is 0. The number of nitrogens with zero attached hydrogens (tertiary/aromatic N) is 2. The van der Waals surface area contributed by atoms with Crippen LogP contribution in [0, 0.1) is 0 Å². The number of allylic oxidation sites excluding steroid dienone is 1. The molecule has 0 aliphatic rings. The van der Waals surface area contributed by atoms with E-state index in [1.807, 2.05) is 32.1 Å². The van der Waals surface area contributed by atoms with Gasteiger partial charge in [0, 0.05) is 31.7 Å². The van der Waals surface area contributed by atoms with E-state index in [0.717, 1.165) is 24.6 Å². The molecular formula is C11H19N3S. The largest absolute Gasteiger partial charge is 0.354 e. The molecule has 84 valence electrons. The zero-order valence-electron chi connectivity index (χ0n) is 9.66.